The van der Waals surface area contributed by atoms with Crippen LogP contribution < -0.4 is 15.2 Å². The molecule has 1 amide bonds. The lowest BCUT2D eigenvalue weighted by molar-refractivity contribution is -0.153. The van der Waals surface area contributed by atoms with Gasteiger partial charge in [0.25, 0.3) is 5.91 Å². The van der Waals surface area contributed by atoms with Gasteiger partial charge >= 0.3 is 5.97 Å². The second kappa shape index (κ2) is 8.13. The van der Waals surface area contributed by atoms with Crippen LogP contribution in [0.3, 0.4) is 0 Å². The molecule has 2 N–H and O–H groups in total. The number of hydrogen-bond donors (Lipinski definition) is 1. The second-order valence-electron chi connectivity index (χ2n) is 6.41. The summed E-state index contributed by atoms with van der Waals surface area (Å²) in [6.45, 7) is 0.905. The van der Waals surface area contributed by atoms with Crippen molar-refractivity contribution in [3.8, 4) is 11.5 Å². The first kappa shape index (κ1) is 19.4. The Kier molecular flexibility index (Phi) is 5.85. The summed E-state index contributed by atoms with van der Waals surface area (Å²) >= 11 is 0. The van der Waals surface area contributed by atoms with E-state index in [2.05, 4.69) is 0 Å². The van der Waals surface area contributed by atoms with Crippen LogP contribution in [-0.2, 0) is 24.3 Å². The van der Waals surface area contributed by atoms with Crippen LogP contribution in [0, 0.1) is 5.92 Å². The summed E-state index contributed by atoms with van der Waals surface area (Å²) in [7, 11) is -3.71. The number of hydrogen-bond acceptors (Lipinski definition) is 7. The van der Waals surface area contributed by atoms with Crippen molar-refractivity contribution in [2.24, 2.45) is 11.7 Å². The van der Waals surface area contributed by atoms with Crippen molar-refractivity contribution in [2.45, 2.75) is 24.2 Å². The molecule has 1 aromatic carbocycles. The first-order valence-electron chi connectivity index (χ1n) is 8.72. The molecule has 148 valence electrons. The fourth-order valence-electron chi connectivity index (χ4n) is 3.05. The summed E-state index contributed by atoms with van der Waals surface area (Å²) < 4.78 is 43.0. The number of fused-ring (bicyclic) bond motifs is 1. The molecule has 2 heterocycles. The number of nitrogens with two attached hydrogens (primary N) is 1. The zero-order valence-corrected chi connectivity index (χ0v) is 15.6. The van der Waals surface area contributed by atoms with Gasteiger partial charge < -0.3 is 19.9 Å². The van der Waals surface area contributed by atoms with Gasteiger partial charge in [-0.05, 0) is 25.0 Å². The molecule has 2 aliphatic rings. The third-order valence-corrected chi connectivity index (χ3v) is 6.40. The van der Waals surface area contributed by atoms with E-state index >= 15 is 0 Å². The number of esters is 1. The molecule has 1 saturated heterocycles. The van der Waals surface area contributed by atoms with Crippen LogP contribution in [0.25, 0.3) is 0 Å². The standard InChI is InChI=1S/C17H22N2O7S/c18-16(20)11-26-17(21)12-4-6-19(7-5-12)27(22,23)13-2-3-14-15(10-13)25-9-1-8-24-14/h2-3,10,12H,1,4-9,11H2,(H2,18,20). The van der Waals surface area contributed by atoms with Gasteiger partial charge in [0.05, 0.1) is 24.0 Å². The molecular formula is C17H22N2O7S. The van der Waals surface area contributed by atoms with Gasteiger partial charge in [-0.15, -0.1) is 0 Å². The lowest BCUT2D eigenvalue weighted by Crippen LogP contribution is -2.41. The molecule has 27 heavy (non-hydrogen) atoms. The molecule has 10 heteroatoms. The molecule has 0 aromatic heterocycles. The highest BCUT2D eigenvalue weighted by Gasteiger charge is 2.33. The Morgan fingerprint density at radius 2 is 1.81 bits per heavy atom. The monoisotopic (exact) mass is 398 g/mol. The lowest BCUT2D eigenvalue weighted by atomic mass is 9.98. The number of rotatable bonds is 5. The maximum absolute atomic E-state index is 12.9. The molecule has 1 aromatic rings. The van der Waals surface area contributed by atoms with Gasteiger partial charge in [0.1, 0.15) is 0 Å². The van der Waals surface area contributed by atoms with Crippen LogP contribution in [0.15, 0.2) is 23.1 Å². The molecule has 3 rings (SSSR count). The predicted octanol–water partition coefficient (Wildman–Crippen LogP) is 0.277. The van der Waals surface area contributed by atoms with Crippen LogP contribution in [-0.4, -0.2) is 57.5 Å². The molecule has 9 nitrogen and oxygen atoms in total. The molecule has 0 bridgehead atoms. The van der Waals surface area contributed by atoms with Crippen molar-refractivity contribution in [1.82, 2.24) is 4.31 Å². The minimum atomic E-state index is -3.71. The summed E-state index contributed by atoms with van der Waals surface area (Å²) in [4.78, 5) is 22.7. The van der Waals surface area contributed by atoms with Crippen molar-refractivity contribution in [3.63, 3.8) is 0 Å². The fourth-order valence-corrected chi connectivity index (χ4v) is 4.53. The van der Waals surface area contributed by atoms with E-state index in [1.165, 1.54) is 16.4 Å². The van der Waals surface area contributed by atoms with Gasteiger partial charge in [-0.2, -0.15) is 4.31 Å². The molecule has 0 spiro atoms. The Morgan fingerprint density at radius 1 is 1.15 bits per heavy atom. The molecule has 2 aliphatic heterocycles. The number of nitrogens with zero attached hydrogens (tertiary/aromatic N) is 1. The van der Waals surface area contributed by atoms with Crippen LogP contribution in [0.4, 0.5) is 0 Å². The summed E-state index contributed by atoms with van der Waals surface area (Å²) in [6.07, 6.45) is 1.37. The Bertz CT molecular complexity index is 817. The smallest absolute Gasteiger partial charge is 0.309 e. The highest BCUT2D eigenvalue weighted by molar-refractivity contribution is 7.89. The Balaban J connectivity index is 1.66. The van der Waals surface area contributed by atoms with E-state index in [4.69, 9.17) is 19.9 Å². The van der Waals surface area contributed by atoms with Crippen LogP contribution in [0.2, 0.25) is 0 Å². The number of benzene rings is 1. The third kappa shape index (κ3) is 4.51. The fraction of sp³-hybridized carbons (Fsp3) is 0.529. The predicted molar refractivity (Wildman–Crippen MR) is 93.7 cm³/mol. The number of carbonyl (C=O) groups is 2. The average Bonchev–Trinajstić information content (AvgIpc) is 2.91. The molecule has 0 atom stereocenters. The Morgan fingerprint density at radius 3 is 2.48 bits per heavy atom. The van der Waals surface area contributed by atoms with Gasteiger partial charge in [-0.25, -0.2) is 8.42 Å². The molecular weight excluding hydrogens is 376 g/mol. The van der Waals surface area contributed by atoms with Crippen molar-refractivity contribution in [3.05, 3.63) is 18.2 Å². The number of piperidine rings is 1. The first-order valence-corrected chi connectivity index (χ1v) is 10.2. The molecule has 0 unspecified atom stereocenters. The third-order valence-electron chi connectivity index (χ3n) is 4.50. The van der Waals surface area contributed by atoms with E-state index in [-0.39, 0.29) is 18.0 Å². The molecule has 0 radical (unpaired) electrons. The zero-order chi connectivity index (χ0) is 19.4. The van der Waals surface area contributed by atoms with E-state index in [9.17, 15) is 18.0 Å². The van der Waals surface area contributed by atoms with Crippen LogP contribution in [0.5, 0.6) is 11.5 Å². The normalized spacial score (nSPS) is 18.5. The van der Waals surface area contributed by atoms with Gasteiger partial charge in [-0.1, -0.05) is 0 Å². The topological polar surface area (TPSA) is 125 Å². The zero-order valence-electron chi connectivity index (χ0n) is 14.8. The highest BCUT2D eigenvalue weighted by Crippen LogP contribution is 2.33. The number of primary amides is 1. The van der Waals surface area contributed by atoms with E-state index < -0.39 is 34.4 Å². The van der Waals surface area contributed by atoms with Gasteiger partial charge in [0.15, 0.2) is 18.1 Å². The maximum Gasteiger partial charge on any atom is 0.309 e. The van der Waals surface area contributed by atoms with E-state index in [1.807, 2.05) is 0 Å². The van der Waals surface area contributed by atoms with Crippen molar-refractivity contribution in [2.75, 3.05) is 32.9 Å². The summed E-state index contributed by atoms with van der Waals surface area (Å²) in [5.41, 5.74) is 4.95. The number of amides is 1. The first-order chi connectivity index (χ1) is 12.9. The van der Waals surface area contributed by atoms with Crippen LogP contribution in [0.1, 0.15) is 19.3 Å². The molecule has 0 saturated carbocycles. The second-order valence-corrected chi connectivity index (χ2v) is 8.35. The van der Waals surface area contributed by atoms with Crippen LogP contribution >= 0.6 is 0 Å². The number of ether oxygens (including phenoxy) is 3. The van der Waals surface area contributed by atoms with Crippen molar-refractivity contribution < 1.29 is 32.2 Å². The van der Waals surface area contributed by atoms with Gasteiger partial charge in [0, 0.05) is 25.6 Å². The molecule has 1 fully saturated rings. The van der Waals surface area contributed by atoms with E-state index in [0.717, 1.165) is 6.42 Å². The number of carbonyl (C=O) groups excluding carboxylic acids is 2. The van der Waals surface area contributed by atoms with Crippen molar-refractivity contribution in [1.29, 1.82) is 0 Å². The average molecular weight is 398 g/mol. The Labute approximate surface area is 157 Å². The van der Waals surface area contributed by atoms with Gasteiger partial charge in [-0.3, -0.25) is 9.59 Å². The molecule has 0 aliphatic carbocycles. The maximum atomic E-state index is 12.9. The summed E-state index contributed by atoms with van der Waals surface area (Å²) in [5.74, 6) is -0.750. The highest BCUT2D eigenvalue weighted by atomic mass is 32.2. The number of sulfonamides is 1. The van der Waals surface area contributed by atoms with E-state index in [0.29, 0.717) is 37.6 Å². The quantitative estimate of drug-likeness (QED) is 0.706. The van der Waals surface area contributed by atoms with E-state index in [1.54, 1.807) is 6.07 Å². The summed E-state index contributed by atoms with van der Waals surface area (Å²) in [6, 6.07) is 4.57. The summed E-state index contributed by atoms with van der Waals surface area (Å²) in [5, 5.41) is 0. The minimum absolute atomic E-state index is 0.126. The Hall–Kier alpha value is -2.33. The lowest BCUT2D eigenvalue weighted by Gasteiger charge is -2.30. The largest absolute Gasteiger partial charge is 0.490 e. The van der Waals surface area contributed by atoms with Crippen molar-refractivity contribution >= 4 is 21.9 Å². The van der Waals surface area contributed by atoms with Gasteiger partial charge in [0.2, 0.25) is 10.0 Å². The minimum Gasteiger partial charge on any atom is -0.490 e. The SMILES string of the molecule is NC(=O)COC(=O)C1CCN(S(=O)(=O)c2ccc3c(c2)OCCCO3)CC1.